The van der Waals surface area contributed by atoms with Crippen LogP contribution in [0.2, 0.25) is 0 Å². The highest BCUT2D eigenvalue weighted by molar-refractivity contribution is 5.89. The molecule has 2 atom stereocenters. The Kier molecular flexibility index (Phi) is 6.44. The first-order valence-corrected chi connectivity index (χ1v) is 11.2. The molecule has 2 aliphatic heterocycles. The Balaban J connectivity index is 1.36. The summed E-state index contributed by atoms with van der Waals surface area (Å²) in [4.78, 5) is 31.9. The van der Waals surface area contributed by atoms with Crippen molar-refractivity contribution in [3.05, 3.63) is 60.2 Å². The minimum Gasteiger partial charge on any atom is -0.492 e. The molecule has 2 aliphatic rings. The van der Waals surface area contributed by atoms with Gasteiger partial charge in [-0.2, -0.15) is 0 Å². The average molecular weight is 422 g/mol. The van der Waals surface area contributed by atoms with Crippen LogP contribution in [0.25, 0.3) is 0 Å². The molecule has 2 aromatic carbocycles. The van der Waals surface area contributed by atoms with Crippen LogP contribution < -0.4 is 9.64 Å². The molecule has 164 valence electrons. The van der Waals surface area contributed by atoms with Crippen LogP contribution in [0, 0.1) is 5.92 Å². The molecule has 6 heteroatoms. The Hall–Kier alpha value is -3.02. The lowest BCUT2D eigenvalue weighted by molar-refractivity contribution is -0.136. The molecule has 0 N–H and O–H groups in total. The zero-order valence-electron chi connectivity index (χ0n) is 18.4. The van der Waals surface area contributed by atoms with Gasteiger partial charge in [0.05, 0.1) is 24.3 Å². The zero-order valence-corrected chi connectivity index (χ0v) is 18.4. The number of hydrogen-bond donors (Lipinski definition) is 0. The van der Waals surface area contributed by atoms with Gasteiger partial charge in [0, 0.05) is 39.1 Å². The Morgan fingerprint density at radius 3 is 2.42 bits per heavy atom. The number of anilines is 1. The van der Waals surface area contributed by atoms with Gasteiger partial charge < -0.3 is 19.4 Å². The second-order valence-corrected chi connectivity index (χ2v) is 8.25. The number of benzene rings is 2. The first-order valence-electron chi connectivity index (χ1n) is 11.2. The maximum Gasteiger partial charge on any atom is 0.228 e. The Labute approximate surface area is 184 Å². The number of ether oxygens (including phenoxy) is 1. The van der Waals surface area contributed by atoms with Crippen molar-refractivity contribution >= 4 is 17.5 Å². The standard InChI is InChI=1S/C25H31N3O3/c1-3-31-23-12-8-7-11-22(23)26-13-15-27(16-14-26)25(30)21-17-24(29)28(18-21)19(2)20-9-5-4-6-10-20/h4-12,19,21H,3,13-18H2,1-2H3/t19-,21-/m0/s1. The Morgan fingerprint density at radius 1 is 1.03 bits per heavy atom. The molecule has 0 saturated carbocycles. The summed E-state index contributed by atoms with van der Waals surface area (Å²) < 4.78 is 5.76. The van der Waals surface area contributed by atoms with Crippen molar-refractivity contribution in [2.75, 3.05) is 44.2 Å². The lowest BCUT2D eigenvalue weighted by Gasteiger charge is -2.37. The lowest BCUT2D eigenvalue weighted by atomic mass is 10.1. The molecule has 0 aromatic heterocycles. The molecule has 0 aliphatic carbocycles. The first kappa shape index (κ1) is 21.2. The third kappa shape index (κ3) is 4.53. The van der Waals surface area contributed by atoms with Gasteiger partial charge in [-0.15, -0.1) is 0 Å². The van der Waals surface area contributed by atoms with E-state index in [1.165, 1.54) is 0 Å². The summed E-state index contributed by atoms with van der Waals surface area (Å²) in [5.74, 6) is 0.811. The number of para-hydroxylation sites is 2. The van der Waals surface area contributed by atoms with Gasteiger partial charge in [-0.1, -0.05) is 42.5 Å². The average Bonchev–Trinajstić information content (AvgIpc) is 3.21. The van der Waals surface area contributed by atoms with Crippen LogP contribution in [0.15, 0.2) is 54.6 Å². The van der Waals surface area contributed by atoms with E-state index in [2.05, 4.69) is 11.0 Å². The van der Waals surface area contributed by atoms with Crippen LogP contribution in [0.1, 0.15) is 31.9 Å². The summed E-state index contributed by atoms with van der Waals surface area (Å²) in [6.45, 7) is 8.01. The highest BCUT2D eigenvalue weighted by Gasteiger charge is 2.39. The van der Waals surface area contributed by atoms with Crippen molar-refractivity contribution in [2.45, 2.75) is 26.3 Å². The van der Waals surface area contributed by atoms with Gasteiger partial charge >= 0.3 is 0 Å². The van der Waals surface area contributed by atoms with E-state index in [4.69, 9.17) is 4.74 Å². The highest BCUT2D eigenvalue weighted by atomic mass is 16.5. The maximum atomic E-state index is 13.2. The van der Waals surface area contributed by atoms with Crippen LogP contribution in [-0.4, -0.2) is 60.9 Å². The number of carbonyl (C=O) groups excluding carboxylic acids is 2. The zero-order chi connectivity index (χ0) is 21.8. The number of hydrogen-bond acceptors (Lipinski definition) is 4. The van der Waals surface area contributed by atoms with E-state index in [9.17, 15) is 9.59 Å². The molecule has 0 spiro atoms. The molecule has 4 rings (SSSR count). The van der Waals surface area contributed by atoms with Gasteiger partial charge in [-0.05, 0) is 31.5 Å². The molecular weight excluding hydrogens is 390 g/mol. The van der Waals surface area contributed by atoms with E-state index in [1.54, 1.807) is 0 Å². The summed E-state index contributed by atoms with van der Waals surface area (Å²) in [7, 11) is 0. The van der Waals surface area contributed by atoms with Gasteiger partial charge in [0.1, 0.15) is 5.75 Å². The number of piperazine rings is 1. The molecule has 2 amide bonds. The quantitative estimate of drug-likeness (QED) is 0.718. The van der Waals surface area contributed by atoms with Gasteiger partial charge in [0.25, 0.3) is 0 Å². The summed E-state index contributed by atoms with van der Waals surface area (Å²) >= 11 is 0. The molecule has 0 radical (unpaired) electrons. The second-order valence-electron chi connectivity index (χ2n) is 8.25. The fourth-order valence-corrected chi connectivity index (χ4v) is 4.60. The van der Waals surface area contributed by atoms with Crippen molar-refractivity contribution < 1.29 is 14.3 Å². The van der Waals surface area contributed by atoms with Crippen LogP contribution in [0.5, 0.6) is 5.75 Å². The van der Waals surface area contributed by atoms with Gasteiger partial charge in [0.2, 0.25) is 11.8 Å². The van der Waals surface area contributed by atoms with E-state index in [-0.39, 0.29) is 23.8 Å². The molecule has 2 heterocycles. The Morgan fingerprint density at radius 2 is 1.71 bits per heavy atom. The maximum absolute atomic E-state index is 13.2. The van der Waals surface area contributed by atoms with Crippen LogP contribution in [0.4, 0.5) is 5.69 Å². The number of amides is 2. The second kappa shape index (κ2) is 9.41. The SMILES string of the molecule is CCOc1ccccc1N1CCN(C(=O)[C@H]2CC(=O)N([C@@H](C)c3ccccc3)C2)CC1. The molecule has 31 heavy (non-hydrogen) atoms. The third-order valence-electron chi connectivity index (χ3n) is 6.35. The van der Waals surface area contributed by atoms with E-state index < -0.39 is 0 Å². The van der Waals surface area contributed by atoms with E-state index >= 15 is 0 Å². The van der Waals surface area contributed by atoms with Crippen LogP contribution in [0.3, 0.4) is 0 Å². The molecular formula is C25H31N3O3. The topological polar surface area (TPSA) is 53.1 Å². The Bertz CT molecular complexity index is 909. The van der Waals surface area contributed by atoms with Crippen LogP contribution in [-0.2, 0) is 9.59 Å². The van der Waals surface area contributed by atoms with E-state index in [0.717, 1.165) is 30.1 Å². The van der Waals surface area contributed by atoms with Crippen molar-refractivity contribution in [3.63, 3.8) is 0 Å². The predicted octanol–water partition coefficient (Wildman–Crippen LogP) is 3.34. The summed E-state index contributed by atoms with van der Waals surface area (Å²) in [5.41, 5.74) is 2.18. The predicted molar refractivity (Wildman–Crippen MR) is 121 cm³/mol. The van der Waals surface area contributed by atoms with Crippen molar-refractivity contribution in [3.8, 4) is 5.75 Å². The number of nitrogens with zero attached hydrogens (tertiary/aromatic N) is 3. The normalized spacial score (nSPS) is 20.1. The van der Waals surface area contributed by atoms with Crippen molar-refractivity contribution in [2.24, 2.45) is 5.92 Å². The summed E-state index contributed by atoms with van der Waals surface area (Å²) in [6, 6.07) is 18.0. The number of carbonyl (C=O) groups is 2. The molecule has 6 nitrogen and oxygen atoms in total. The van der Waals surface area contributed by atoms with Gasteiger partial charge in [-0.25, -0.2) is 0 Å². The van der Waals surface area contributed by atoms with E-state index in [1.807, 2.05) is 72.2 Å². The smallest absolute Gasteiger partial charge is 0.228 e. The molecule has 2 fully saturated rings. The lowest BCUT2D eigenvalue weighted by Crippen LogP contribution is -2.50. The minimum atomic E-state index is -0.249. The van der Waals surface area contributed by atoms with Crippen molar-refractivity contribution in [1.82, 2.24) is 9.80 Å². The van der Waals surface area contributed by atoms with Crippen LogP contribution >= 0.6 is 0 Å². The number of rotatable bonds is 6. The molecule has 2 saturated heterocycles. The third-order valence-corrected chi connectivity index (χ3v) is 6.35. The first-order chi connectivity index (χ1) is 15.1. The summed E-state index contributed by atoms with van der Waals surface area (Å²) in [5, 5.41) is 0. The van der Waals surface area contributed by atoms with Gasteiger partial charge in [-0.3, -0.25) is 9.59 Å². The van der Waals surface area contributed by atoms with Crippen molar-refractivity contribution in [1.29, 1.82) is 0 Å². The number of likely N-dealkylation sites (tertiary alicyclic amines) is 1. The molecule has 0 unspecified atom stereocenters. The molecule has 0 bridgehead atoms. The fourth-order valence-electron chi connectivity index (χ4n) is 4.60. The fraction of sp³-hybridized carbons (Fsp3) is 0.440. The largest absolute Gasteiger partial charge is 0.492 e. The molecule has 2 aromatic rings. The monoisotopic (exact) mass is 421 g/mol. The highest BCUT2D eigenvalue weighted by Crippen LogP contribution is 2.31. The summed E-state index contributed by atoms with van der Waals surface area (Å²) in [6.07, 6.45) is 0.309. The van der Waals surface area contributed by atoms with Gasteiger partial charge in [0.15, 0.2) is 0 Å². The van der Waals surface area contributed by atoms with E-state index in [0.29, 0.717) is 32.7 Å². The minimum absolute atomic E-state index is 0.0154.